The zero-order valence-corrected chi connectivity index (χ0v) is 12.3. The van der Waals surface area contributed by atoms with Crippen LogP contribution in [0.25, 0.3) is 0 Å². The zero-order chi connectivity index (χ0) is 15.5. The monoisotopic (exact) mass is 309 g/mol. The van der Waals surface area contributed by atoms with Crippen LogP contribution in [0, 0.1) is 12.7 Å². The molecule has 1 heterocycles. The van der Waals surface area contributed by atoms with Crippen molar-refractivity contribution in [2.45, 2.75) is 24.9 Å². The molecule has 0 unspecified atom stereocenters. The minimum absolute atomic E-state index is 0.0499. The Morgan fingerprint density at radius 2 is 2.10 bits per heavy atom. The first-order valence-electron chi connectivity index (χ1n) is 6.31. The first-order valence-corrected chi connectivity index (χ1v) is 7.80. The predicted octanol–water partition coefficient (Wildman–Crippen LogP) is 1.47. The van der Waals surface area contributed by atoms with Crippen LogP contribution in [0.1, 0.15) is 16.7 Å². The van der Waals surface area contributed by atoms with Crippen LogP contribution in [0.4, 0.5) is 4.39 Å². The van der Waals surface area contributed by atoms with Gasteiger partial charge in [-0.05, 0) is 41.8 Å². The summed E-state index contributed by atoms with van der Waals surface area (Å²) in [5, 5.41) is 0. The molecule has 0 saturated heterocycles. The second kappa shape index (κ2) is 6.30. The van der Waals surface area contributed by atoms with Gasteiger partial charge in [0.15, 0.2) is 0 Å². The molecule has 5 nitrogen and oxygen atoms in total. The second-order valence-corrected chi connectivity index (χ2v) is 6.33. The molecule has 1 aromatic carbocycles. The largest absolute Gasteiger partial charge is 0.326 e. The molecule has 2 rings (SSSR count). The number of rotatable bonds is 5. The average molecular weight is 309 g/mol. The summed E-state index contributed by atoms with van der Waals surface area (Å²) < 4.78 is 40.5. The van der Waals surface area contributed by atoms with E-state index in [9.17, 15) is 12.8 Å². The molecule has 3 N–H and O–H groups in total. The van der Waals surface area contributed by atoms with Crippen molar-refractivity contribution >= 4 is 10.0 Å². The number of benzene rings is 1. The van der Waals surface area contributed by atoms with E-state index in [1.54, 1.807) is 18.5 Å². The number of halogens is 1. The highest BCUT2D eigenvalue weighted by Gasteiger charge is 2.19. The highest BCUT2D eigenvalue weighted by molar-refractivity contribution is 7.89. The standard InChI is InChI=1S/C14H16FN3O2S/c1-10-4-5-17-8-12(10)9-18-21(19,20)14-6-11(7-16)2-3-13(14)15/h2-6,8,18H,7,9,16H2,1H3. The van der Waals surface area contributed by atoms with Gasteiger partial charge in [0.05, 0.1) is 0 Å². The summed E-state index contributed by atoms with van der Waals surface area (Å²) in [6, 6.07) is 5.58. The van der Waals surface area contributed by atoms with Gasteiger partial charge in [-0.2, -0.15) is 0 Å². The van der Waals surface area contributed by atoms with Crippen LogP contribution in [0.15, 0.2) is 41.6 Å². The fourth-order valence-electron chi connectivity index (χ4n) is 1.81. The Bertz CT molecular complexity index is 748. The summed E-state index contributed by atoms with van der Waals surface area (Å²) in [6.45, 7) is 2.04. The Labute approximate surface area is 123 Å². The van der Waals surface area contributed by atoms with Crippen molar-refractivity contribution in [2.75, 3.05) is 0 Å². The number of hydrogen-bond acceptors (Lipinski definition) is 4. The molecule has 0 radical (unpaired) electrons. The van der Waals surface area contributed by atoms with Gasteiger partial charge in [0.2, 0.25) is 10.0 Å². The van der Waals surface area contributed by atoms with Crippen LogP contribution in [0.5, 0.6) is 0 Å². The third kappa shape index (κ3) is 3.63. The summed E-state index contributed by atoms with van der Waals surface area (Å²) in [5.74, 6) is -0.803. The summed E-state index contributed by atoms with van der Waals surface area (Å²) in [7, 11) is -3.95. The lowest BCUT2D eigenvalue weighted by atomic mass is 10.2. The quantitative estimate of drug-likeness (QED) is 0.876. The molecule has 112 valence electrons. The van der Waals surface area contributed by atoms with Crippen LogP contribution in [-0.2, 0) is 23.1 Å². The number of pyridine rings is 1. The number of nitrogens with one attached hydrogen (secondary N) is 1. The van der Waals surface area contributed by atoms with Gasteiger partial charge in [0.25, 0.3) is 0 Å². The van der Waals surface area contributed by atoms with Crippen molar-refractivity contribution in [3.63, 3.8) is 0 Å². The van der Waals surface area contributed by atoms with Crippen LogP contribution in [0.3, 0.4) is 0 Å². The van der Waals surface area contributed by atoms with Crippen molar-refractivity contribution in [3.8, 4) is 0 Å². The lowest BCUT2D eigenvalue weighted by molar-refractivity contribution is 0.556. The highest BCUT2D eigenvalue weighted by Crippen LogP contribution is 2.17. The van der Waals surface area contributed by atoms with Crippen molar-refractivity contribution in [1.29, 1.82) is 0 Å². The summed E-state index contributed by atoms with van der Waals surface area (Å²) in [4.78, 5) is 3.54. The summed E-state index contributed by atoms with van der Waals surface area (Å²) in [6.07, 6.45) is 3.20. The van der Waals surface area contributed by atoms with E-state index in [4.69, 9.17) is 5.73 Å². The molecule has 7 heteroatoms. The van der Waals surface area contributed by atoms with Crippen LogP contribution in [0.2, 0.25) is 0 Å². The fraction of sp³-hybridized carbons (Fsp3) is 0.214. The molecule has 0 aliphatic heterocycles. The fourth-order valence-corrected chi connectivity index (χ4v) is 2.95. The van der Waals surface area contributed by atoms with E-state index in [1.807, 2.05) is 6.92 Å². The molecular weight excluding hydrogens is 293 g/mol. The number of hydrogen-bond donors (Lipinski definition) is 2. The molecule has 0 amide bonds. The summed E-state index contributed by atoms with van der Waals surface area (Å²) >= 11 is 0. The topological polar surface area (TPSA) is 85.1 Å². The number of nitrogens with zero attached hydrogens (tertiary/aromatic N) is 1. The normalized spacial score (nSPS) is 11.6. The molecule has 0 fully saturated rings. The smallest absolute Gasteiger partial charge is 0.243 e. The molecule has 0 bridgehead atoms. The average Bonchev–Trinajstić information content (AvgIpc) is 2.47. The van der Waals surface area contributed by atoms with Crippen LogP contribution < -0.4 is 10.5 Å². The Hall–Kier alpha value is -1.83. The first kappa shape index (κ1) is 15.6. The van der Waals surface area contributed by atoms with Gasteiger partial charge in [-0.3, -0.25) is 4.98 Å². The van der Waals surface area contributed by atoms with E-state index in [0.717, 1.165) is 17.2 Å². The molecule has 0 aliphatic rings. The number of aromatic nitrogens is 1. The Balaban J connectivity index is 2.25. The lowest BCUT2D eigenvalue weighted by Gasteiger charge is -2.10. The minimum atomic E-state index is -3.95. The van der Waals surface area contributed by atoms with E-state index >= 15 is 0 Å². The molecule has 0 atom stereocenters. The van der Waals surface area contributed by atoms with Gasteiger partial charge < -0.3 is 5.73 Å². The SMILES string of the molecule is Cc1ccncc1CNS(=O)(=O)c1cc(CN)ccc1F. The van der Waals surface area contributed by atoms with Crippen LogP contribution >= 0.6 is 0 Å². The van der Waals surface area contributed by atoms with Gasteiger partial charge in [-0.15, -0.1) is 0 Å². The molecular formula is C14H16FN3O2S. The van der Waals surface area contributed by atoms with E-state index in [1.165, 1.54) is 12.1 Å². The third-order valence-corrected chi connectivity index (χ3v) is 4.54. The van der Waals surface area contributed by atoms with Gasteiger partial charge in [0.1, 0.15) is 10.7 Å². The maximum atomic E-state index is 13.7. The minimum Gasteiger partial charge on any atom is -0.326 e. The van der Waals surface area contributed by atoms with Crippen molar-refractivity contribution < 1.29 is 12.8 Å². The van der Waals surface area contributed by atoms with Crippen molar-refractivity contribution in [1.82, 2.24) is 9.71 Å². The number of aryl methyl sites for hydroxylation is 1. The van der Waals surface area contributed by atoms with Crippen molar-refractivity contribution in [2.24, 2.45) is 5.73 Å². The van der Waals surface area contributed by atoms with Gasteiger partial charge in [-0.25, -0.2) is 17.5 Å². The first-order chi connectivity index (χ1) is 9.94. The van der Waals surface area contributed by atoms with Gasteiger partial charge in [-0.1, -0.05) is 6.07 Å². The Kier molecular flexibility index (Phi) is 4.66. The van der Waals surface area contributed by atoms with Crippen molar-refractivity contribution in [3.05, 3.63) is 59.2 Å². The van der Waals surface area contributed by atoms with E-state index in [0.29, 0.717) is 5.56 Å². The molecule has 0 aliphatic carbocycles. The van der Waals surface area contributed by atoms with E-state index in [2.05, 4.69) is 9.71 Å². The van der Waals surface area contributed by atoms with E-state index in [-0.39, 0.29) is 13.1 Å². The maximum Gasteiger partial charge on any atom is 0.243 e. The highest BCUT2D eigenvalue weighted by atomic mass is 32.2. The Morgan fingerprint density at radius 1 is 1.33 bits per heavy atom. The maximum absolute atomic E-state index is 13.7. The predicted molar refractivity (Wildman–Crippen MR) is 77.3 cm³/mol. The number of sulfonamides is 1. The van der Waals surface area contributed by atoms with Gasteiger partial charge >= 0.3 is 0 Å². The summed E-state index contributed by atoms with van der Waals surface area (Å²) in [5.41, 5.74) is 7.64. The Morgan fingerprint density at radius 3 is 2.76 bits per heavy atom. The van der Waals surface area contributed by atoms with Crippen LogP contribution in [-0.4, -0.2) is 13.4 Å². The molecule has 0 spiro atoms. The molecule has 1 aromatic heterocycles. The zero-order valence-electron chi connectivity index (χ0n) is 11.5. The second-order valence-electron chi connectivity index (χ2n) is 4.60. The molecule has 0 saturated carbocycles. The van der Waals surface area contributed by atoms with E-state index < -0.39 is 20.7 Å². The molecule has 2 aromatic rings. The lowest BCUT2D eigenvalue weighted by Crippen LogP contribution is -2.25. The molecule has 21 heavy (non-hydrogen) atoms. The number of nitrogens with two attached hydrogens (primary N) is 1. The van der Waals surface area contributed by atoms with Gasteiger partial charge in [0, 0.05) is 25.5 Å². The third-order valence-electron chi connectivity index (χ3n) is 3.12.